The Hall–Kier alpha value is -2.83. The number of rotatable bonds is 7. The second kappa shape index (κ2) is 7.63. The molecular formula is C17H22N4O3. The number of carbonyl (C=O) groups is 3. The molecule has 1 atom stereocenters. The summed E-state index contributed by atoms with van der Waals surface area (Å²) in [5.41, 5.74) is 6.26. The molecule has 5 N–H and O–H groups in total. The van der Waals surface area contributed by atoms with Gasteiger partial charge >= 0.3 is 0 Å². The fraction of sp³-hybridized carbons (Fsp3) is 0.353. The molecule has 24 heavy (non-hydrogen) atoms. The molecule has 2 aromatic rings. The van der Waals surface area contributed by atoms with Gasteiger partial charge in [0.15, 0.2) is 0 Å². The lowest BCUT2D eigenvalue weighted by Gasteiger charge is -2.19. The summed E-state index contributed by atoms with van der Waals surface area (Å²) in [4.78, 5) is 38.4. The van der Waals surface area contributed by atoms with Crippen molar-refractivity contribution in [2.24, 2.45) is 11.7 Å². The van der Waals surface area contributed by atoms with E-state index in [0.29, 0.717) is 12.1 Å². The lowest BCUT2D eigenvalue weighted by Crippen LogP contribution is -2.49. The van der Waals surface area contributed by atoms with Crippen LogP contribution in [-0.2, 0) is 9.59 Å². The molecule has 2 rings (SSSR count). The highest BCUT2D eigenvalue weighted by Crippen LogP contribution is 2.15. The first-order chi connectivity index (χ1) is 11.4. The van der Waals surface area contributed by atoms with Crippen LogP contribution in [0.4, 0.5) is 0 Å². The van der Waals surface area contributed by atoms with Gasteiger partial charge in [0.25, 0.3) is 5.91 Å². The Labute approximate surface area is 140 Å². The molecule has 0 unspecified atom stereocenters. The zero-order valence-corrected chi connectivity index (χ0v) is 13.8. The van der Waals surface area contributed by atoms with Gasteiger partial charge in [-0.3, -0.25) is 14.4 Å². The van der Waals surface area contributed by atoms with Gasteiger partial charge in [-0.2, -0.15) is 0 Å². The second-order valence-corrected chi connectivity index (χ2v) is 6.11. The van der Waals surface area contributed by atoms with Crippen molar-refractivity contribution in [2.45, 2.75) is 26.3 Å². The number of carbonyl (C=O) groups excluding carboxylic acids is 3. The molecule has 0 fully saturated rings. The van der Waals surface area contributed by atoms with Crippen LogP contribution in [0.2, 0.25) is 0 Å². The van der Waals surface area contributed by atoms with Crippen molar-refractivity contribution in [2.75, 3.05) is 6.54 Å². The first-order valence-electron chi connectivity index (χ1n) is 7.81. The molecule has 0 aliphatic heterocycles. The standard InChI is InChI=1S/C17H22N4O3/c1-10(2)7-13(16(23)19-9-15(18)22)21-17(24)14-8-11-5-3-4-6-12(11)20-14/h3-6,8,10,13,20H,7,9H2,1-2H3,(H2,18,22)(H,19,23)(H,21,24)/t13-/m0/s1. The number of aromatic amines is 1. The van der Waals surface area contributed by atoms with Gasteiger partial charge in [0.1, 0.15) is 11.7 Å². The van der Waals surface area contributed by atoms with E-state index in [1.165, 1.54) is 0 Å². The minimum absolute atomic E-state index is 0.192. The third-order valence-corrected chi connectivity index (χ3v) is 3.54. The smallest absolute Gasteiger partial charge is 0.268 e. The number of primary amides is 1. The van der Waals surface area contributed by atoms with Crippen molar-refractivity contribution in [1.29, 1.82) is 0 Å². The quantitative estimate of drug-likeness (QED) is 0.604. The van der Waals surface area contributed by atoms with E-state index in [4.69, 9.17) is 5.73 Å². The maximum atomic E-state index is 12.4. The van der Waals surface area contributed by atoms with Crippen LogP contribution in [0.25, 0.3) is 10.9 Å². The van der Waals surface area contributed by atoms with Crippen molar-refractivity contribution in [1.82, 2.24) is 15.6 Å². The van der Waals surface area contributed by atoms with Gasteiger partial charge < -0.3 is 21.4 Å². The van der Waals surface area contributed by atoms with Crippen LogP contribution in [0.1, 0.15) is 30.8 Å². The number of nitrogens with one attached hydrogen (secondary N) is 3. The number of fused-ring (bicyclic) bond motifs is 1. The molecule has 0 aliphatic rings. The Kier molecular flexibility index (Phi) is 5.57. The monoisotopic (exact) mass is 330 g/mol. The topological polar surface area (TPSA) is 117 Å². The Morgan fingerprint density at radius 1 is 1.21 bits per heavy atom. The van der Waals surface area contributed by atoms with E-state index in [-0.39, 0.29) is 18.4 Å². The summed E-state index contributed by atoms with van der Waals surface area (Å²) >= 11 is 0. The molecule has 1 aromatic heterocycles. The molecule has 7 nitrogen and oxygen atoms in total. The van der Waals surface area contributed by atoms with Crippen LogP contribution >= 0.6 is 0 Å². The Balaban J connectivity index is 2.10. The van der Waals surface area contributed by atoms with Crippen molar-refractivity contribution < 1.29 is 14.4 Å². The average molecular weight is 330 g/mol. The van der Waals surface area contributed by atoms with Crippen LogP contribution < -0.4 is 16.4 Å². The molecule has 0 aliphatic carbocycles. The third-order valence-electron chi connectivity index (χ3n) is 3.54. The fourth-order valence-electron chi connectivity index (χ4n) is 2.43. The second-order valence-electron chi connectivity index (χ2n) is 6.11. The maximum absolute atomic E-state index is 12.4. The highest BCUT2D eigenvalue weighted by molar-refractivity contribution is 6.00. The average Bonchev–Trinajstić information content (AvgIpc) is 2.95. The van der Waals surface area contributed by atoms with Crippen LogP contribution in [0.3, 0.4) is 0 Å². The van der Waals surface area contributed by atoms with Crippen molar-refractivity contribution >= 4 is 28.6 Å². The van der Waals surface area contributed by atoms with Gasteiger partial charge in [0, 0.05) is 10.9 Å². The molecule has 0 bridgehead atoms. The number of hydrogen-bond acceptors (Lipinski definition) is 3. The van der Waals surface area contributed by atoms with E-state index in [1.807, 2.05) is 38.1 Å². The van der Waals surface area contributed by atoms with Crippen molar-refractivity contribution in [3.8, 4) is 0 Å². The van der Waals surface area contributed by atoms with Crippen LogP contribution in [0, 0.1) is 5.92 Å². The largest absolute Gasteiger partial charge is 0.368 e. The lowest BCUT2D eigenvalue weighted by atomic mass is 10.0. The summed E-state index contributed by atoms with van der Waals surface area (Å²) in [6, 6.07) is 8.53. The van der Waals surface area contributed by atoms with Crippen LogP contribution in [-0.4, -0.2) is 35.3 Å². The van der Waals surface area contributed by atoms with E-state index >= 15 is 0 Å². The Morgan fingerprint density at radius 2 is 1.92 bits per heavy atom. The minimum atomic E-state index is -0.733. The first-order valence-corrected chi connectivity index (χ1v) is 7.81. The van der Waals surface area contributed by atoms with E-state index < -0.39 is 17.9 Å². The Morgan fingerprint density at radius 3 is 2.54 bits per heavy atom. The zero-order chi connectivity index (χ0) is 17.7. The van der Waals surface area contributed by atoms with Crippen molar-refractivity contribution in [3.05, 3.63) is 36.0 Å². The predicted molar refractivity (Wildman–Crippen MR) is 91.2 cm³/mol. The number of aromatic nitrogens is 1. The number of hydrogen-bond donors (Lipinski definition) is 4. The number of benzene rings is 1. The van der Waals surface area contributed by atoms with Gasteiger partial charge in [-0.1, -0.05) is 32.0 Å². The zero-order valence-electron chi connectivity index (χ0n) is 13.8. The predicted octanol–water partition coefficient (Wildman–Crippen LogP) is 0.914. The molecule has 0 radical (unpaired) electrons. The summed E-state index contributed by atoms with van der Waals surface area (Å²) in [5.74, 6) is -1.23. The van der Waals surface area contributed by atoms with E-state index in [9.17, 15) is 14.4 Å². The number of nitrogens with two attached hydrogens (primary N) is 1. The summed E-state index contributed by atoms with van der Waals surface area (Å²) in [6.45, 7) is 3.64. The molecule has 1 aromatic carbocycles. The highest BCUT2D eigenvalue weighted by atomic mass is 16.2. The van der Waals surface area contributed by atoms with E-state index in [2.05, 4.69) is 15.6 Å². The summed E-state index contributed by atoms with van der Waals surface area (Å²) in [7, 11) is 0. The van der Waals surface area contributed by atoms with E-state index in [1.54, 1.807) is 6.07 Å². The highest BCUT2D eigenvalue weighted by Gasteiger charge is 2.23. The van der Waals surface area contributed by atoms with E-state index in [0.717, 1.165) is 10.9 Å². The third kappa shape index (κ3) is 4.58. The van der Waals surface area contributed by atoms with Crippen molar-refractivity contribution in [3.63, 3.8) is 0 Å². The molecule has 128 valence electrons. The molecule has 0 spiro atoms. The van der Waals surface area contributed by atoms with Crippen LogP contribution in [0.15, 0.2) is 30.3 Å². The summed E-state index contributed by atoms with van der Waals surface area (Å²) in [6.07, 6.45) is 0.455. The molecule has 1 heterocycles. The molecule has 0 saturated heterocycles. The molecule has 0 saturated carbocycles. The van der Waals surface area contributed by atoms with Gasteiger partial charge in [0.2, 0.25) is 11.8 Å². The molecular weight excluding hydrogens is 308 g/mol. The minimum Gasteiger partial charge on any atom is -0.368 e. The van der Waals surface area contributed by atoms with Gasteiger partial charge in [-0.25, -0.2) is 0 Å². The molecule has 7 heteroatoms. The fourth-order valence-corrected chi connectivity index (χ4v) is 2.43. The van der Waals surface area contributed by atoms with Gasteiger partial charge in [0.05, 0.1) is 6.54 Å². The normalized spacial score (nSPS) is 12.1. The van der Waals surface area contributed by atoms with Gasteiger partial charge in [-0.15, -0.1) is 0 Å². The summed E-state index contributed by atoms with van der Waals surface area (Å²) in [5, 5.41) is 6.07. The summed E-state index contributed by atoms with van der Waals surface area (Å²) < 4.78 is 0. The number of amides is 3. The van der Waals surface area contributed by atoms with Crippen LogP contribution in [0.5, 0.6) is 0 Å². The Bertz CT molecular complexity index is 718. The maximum Gasteiger partial charge on any atom is 0.268 e. The SMILES string of the molecule is CC(C)C[C@H](NC(=O)c1cc2ccccc2[nH]1)C(=O)NCC(N)=O. The molecule has 3 amide bonds. The lowest BCUT2D eigenvalue weighted by molar-refractivity contribution is -0.126. The number of para-hydroxylation sites is 1. The van der Waals surface area contributed by atoms with Gasteiger partial charge in [-0.05, 0) is 24.5 Å². The first kappa shape index (κ1) is 17.5. The number of H-pyrrole nitrogens is 1.